The number of halogens is 2. The summed E-state index contributed by atoms with van der Waals surface area (Å²) in [5, 5.41) is 0. The highest BCUT2D eigenvalue weighted by molar-refractivity contribution is 5.33. The molecule has 0 atom stereocenters. The summed E-state index contributed by atoms with van der Waals surface area (Å²) in [5.41, 5.74) is 7.24. The summed E-state index contributed by atoms with van der Waals surface area (Å²) in [7, 11) is 0. The monoisotopic (exact) mass is 263 g/mol. The second kappa shape index (κ2) is 7.00. The zero-order valence-electron chi connectivity index (χ0n) is 9.94. The van der Waals surface area contributed by atoms with Gasteiger partial charge in [0.25, 0.3) is 0 Å². The number of benzene rings is 2. The van der Waals surface area contributed by atoms with E-state index in [4.69, 9.17) is 5.73 Å². The van der Waals surface area contributed by atoms with Gasteiger partial charge < -0.3 is 5.73 Å². The van der Waals surface area contributed by atoms with Crippen molar-refractivity contribution in [3.8, 4) is 0 Å². The summed E-state index contributed by atoms with van der Waals surface area (Å²) in [5.74, 6) is -0.641. The van der Waals surface area contributed by atoms with Gasteiger partial charge >= 0.3 is 0 Å². The van der Waals surface area contributed by atoms with Crippen molar-refractivity contribution in [2.75, 3.05) is 6.54 Å². The van der Waals surface area contributed by atoms with E-state index in [1.54, 1.807) is 12.1 Å². The summed E-state index contributed by atoms with van der Waals surface area (Å²) >= 11 is 0. The first-order valence-corrected chi connectivity index (χ1v) is 5.91. The summed E-state index contributed by atoms with van der Waals surface area (Å²) in [6.07, 6.45) is 0.660. The second-order valence-electron chi connectivity index (χ2n) is 4.24. The average Bonchev–Trinajstić information content (AvgIpc) is 2.36. The largest absolute Gasteiger partial charge is 0.330 e. The Labute approximate surface area is 113 Å². The minimum Gasteiger partial charge on any atom is -0.330 e. The van der Waals surface area contributed by atoms with Crippen LogP contribution in [0.3, 0.4) is 0 Å². The van der Waals surface area contributed by atoms with Gasteiger partial charge in [-0.05, 0) is 48.4 Å². The Morgan fingerprint density at radius 3 is 1.74 bits per heavy atom. The van der Waals surface area contributed by atoms with Crippen molar-refractivity contribution in [2.24, 2.45) is 5.73 Å². The lowest BCUT2D eigenvalue weighted by molar-refractivity contribution is 0.614. The van der Waals surface area contributed by atoms with E-state index in [-0.39, 0.29) is 25.0 Å². The highest BCUT2D eigenvalue weighted by Crippen LogP contribution is 2.28. The predicted molar refractivity (Wildman–Crippen MR) is 75.0 cm³/mol. The van der Waals surface area contributed by atoms with Crippen molar-refractivity contribution in [2.45, 2.75) is 19.8 Å². The minimum absolute atomic E-state index is 0. The summed E-state index contributed by atoms with van der Waals surface area (Å²) in [4.78, 5) is 0. The van der Waals surface area contributed by atoms with Crippen molar-refractivity contribution in [3.63, 3.8) is 0 Å². The zero-order valence-corrected chi connectivity index (χ0v) is 9.94. The molecule has 0 aliphatic carbocycles. The lowest BCUT2D eigenvalue weighted by Crippen LogP contribution is -2.09. The third kappa shape index (κ3) is 3.86. The molecule has 1 nitrogen and oxygen atoms in total. The Morgan fingerprint density at radius 1 is 0.895 bits per heavy atom. The Bertz CT molecular complexity index is 480. The van der Waals surface area contributed by atoms with E-state index in [0.717, 1.165) is 11.1 Å². The lowest BCUT2D eigenvalue weighted by Gasteiger charge is -2.17. The van der Waals surface area contributed by atoms with Gasteiger partial charge in [0.15, 0.2) is 0 Å². The summed E-state index contributed by atoms with van der Waals surface area (Å²) < 4.78 is 26.5. The van der Waals surface area contributed by atoms with Crippen LogP contribution in [0.5, 0.6) is 0 Å². The molecule has 0 heterocycles. The standard InChI is InChI=1S/C15H15F2N.CH4/c16-13-5-1-3-11(9-13)15(7-8-18)12-4-2-6-14(17)10-12;/h1-6,9-10,15H,7-8,18H2;1H4. The smallest absolute Gasteiger partial charge is 0.123 e. The molecule has 0 aliphatic rings. The van der Waals surface area contributed by atoms with Gasteiger partial charge in [0, 0.05) is 5.92 Å². The fourth-order valence-electron chi connectivity index (χ4n) is 2.14. The van der Waals surface area contributed by atoms with E-state index in [2.05, 4.69) is 0 Å². The molecule has 2 rings (SSSR count). The summed E-state index contributed by atoms with van der Waals surface area (Å²) in [6, 6.07) is 12.8. The van der Waals surface area contributed by atoms with Gasteiger partial charge in [-0.25, -0.2) is 8.78 Å². The molecule has 0 radical (unpaired) electrons. The van der Waals surface area contributed by atoms with E-state index < -0.39 is 0 Å². The molecule has 102 valence electrons. The first kappa shape index (κ1) is 15.3. The molecule has 0 fully saturated rings. The molecule has 2 aromatic rings. The molecular formula is C16H19F2N. The van der Waals surface area contributed by atoms with E-state index in [9.17, 15) is 8.78 Å². The van der Waals surface area contributed by atoms with Crippen LogP contribution in [0, 0.1) is 11.6 Å². The molecular weight excluding hydrogens is 244 g/mol. The lowest BCUT2D eigenvalue weighted by atomic mass is 9.88. The molecule has 3 heteroatoms. The zero-order chi connectivity index (χ0) is 13.0. The van der Waals surface area contributed by atoms with Crippen LogP contribution in [0.2, 0.25) is 0 Å². The number of rotatable bonds is 4. The Hall–Kier alpha value is -1.74. The molecule has 0 aliphatic heterocycles. The van der Waals surface area contributed by atoms with E-state index in [1.165, 1.54) is 24.3 Å². The molecule has 0 saturated carbocycles. The highest BCUT2D eigenvalue weighted by atomic mass is 19.1. The SMILES string of the molecule is C.NCCC(c1cccc(F)c1)c1cccc(F)c1. The average molecular weight is 263 g/mol. The first-order chi connectivity index (χ1) is 8.70. The molecule has 0 amide bonds. The van der Waals surface area contributed by atoms with Crippen LogP contribution < -0.4 is 5.73 Å². The van der Waals surface area contributed by atoms with Crippen molar-refractivity contribution < 1.29 is 8.78 Å². The third-order valence-electron chi connectivity index (χ3n) is 2.96. The number of hydrogen-bond acceptors (Lipinski definition) is 1. The Morgan fingerprint density at radius 2 is 1.37 bits per heavy atom. The normalized spacial score (nSPS) is 10.3. The van der Waals surface area contributed by atoms with E-state index >= 15 is 0 Å². The maximum atomic E-state index is 13.3. The maximum Gasteiger partial charge on any atom is 0.123 e. The molecule has 2 aromatic carbocycles. The topological polar surface area (TPSA) is 26.0 Å². The van der Waals surface area contributed by atoms with Crippen molar-refractivity contribution in [1.82, 2.24) is 0 Å². The second-order valence-corrected chi connectivity index (χ2v) is 4.24. The molecule has 19 heavy (non-hydrogen) atoms. The minimum atomic E-state index is -0.286. The van der Waals surface area contributed by atoms with Gasteiger partial charge in [-0.3, -0.25) is 0 Å². The van der Waals surface area contributed by atoms with Gasteiger partial charge in [-0.15, -0.1) is 0 Å². The van der Waals surface area contributed by atoms with Crippen LogP contribution in [-0.2, 0) is 0 Å². The summed E-state index contributed by atoms with van der Waals surface area (Å²) in [6.45, 7) is 0.470. The number of nitrogens with two attached hydrogens (primary N) is 1. The van der Waals surface area contributed by atoms with Gasteiger partial charge in [-0.1, -0.05) is 31.7 Å². The molecule has 0 saturated heterocycles. The highest BCUT2D eigenvalue weighted by Gasteiger charge is 2.14. The van der Waals surface area contributed by atoms with Gasteiger partial charge in [0.05, 0.1) is 0 Å². The first-order valence-electron chi connectivity index (χ1n) is 5.91. The molecule has 0 aromatic heterocycles. The molecule has 0 spiro atoms. The fraction of sp³-hybridized carbons (Fsp3) is 0.250. The van der Waals surface area contributed by atoms with E-state index in [0.29, 0.717) is 13.0 Å². The van der Waals surface area contributed by atoms with Gasteiger partial charge in [0.1, 0.15) is 11.6 Å². The molecule has 0 unspecified atom stereocenters. The number of hydrogen-bond donors (Lipinski definition) is 1. The third-order valence-corrected chi connectivity index (χ3v) is 2.96. The van der Waals surface area contributed by atoms with E-state index in [1.807, 2.05) is 12.1 Å². The van der Waals surface area contributed by atoms with Crippen molar-refractivity contribution in [1.29, 1.82) is 0 Å². The van der Waals surface area contributed by atoms with Gasteiger partial charge in [0.2, 0.25) is 0 Å². The van der Waals surface area contributed by atoms with Crippen LogP contribution in [0.4, 0.5) is 8.78 Å². The van der Waals surface area contributed by atoms with Crippen LogP contribution in [0.1, 0.15) is 30.9 Å². The Kier molecular flexibility index (Phi) is 5.64. The molecule has 2 N–H and O–H groups in total. The van der Waals surface area contributed by atoms with Crippen molar-refractivity contribution >= 4 is 0 Å². The van der Waals surface area contributed by atoms with Crippen molar-refractivity contribution in [3.05, 3.63) is 71.3 Å². The maximum absolute atomic E-state index is 13.3. The van der Waals surface area contributed by atoms with Crippen LogP contribution >= 0.6 is 0 Å². The fourth-order valence-corrected chi connectivity index (χ4v) is 2.14. The Balaban J connectivity index is 0.00000180. The quantitative estimate of drug-likeness (QED) is 0.883. The van der Waals surface area contributed by atoms with Gasteiger partial charge in [-0.2, -0.15) is 0 Å². The van der Waals surface area contributed by atoms with Crippen LogP contribution in [0.15, 0.2) is 48.5 Å². The van der Waals surface area contributed by atoms with Crippen LogP contribution in [-0.4, -0.2) is 6.54 Å². The van der Waals surface area contributed by atoms with Crippen LogP contribution in [0.25, 0.3) is 0 Å². The predicted octanol–water partition coefficient (Wildman–Crippen LogP) is 4.08. The molecule has 0 bridgehead atoms.